The number of benzene rings is 1. The van der Waals surface area contributed by atoms with E-state index < -0.39 is 0 Å². The Morgan fingerprint density at radius 1 is 1.19 bits per heavy atom. The average Bonchev–Trinajstić information content (AvgIpc) is 2.49. The van der Waals surface area contributed by atoms with Gasteiger partial charge in [-0.3, -0.25) is 4.98 Å². The van der Waals surface area contributed by atoms with Crippen LogP contribution in [0.4, 0.5) is 0 Å². The van der Waals surface area contributed by atoms with Crippen LogP contribution in [0.3, 0.4) is 0 Å². The minimum Gasteiger partial charge on any atom is -0.313 e. The van der Waals surface area contributed by atoms with Gasteiger partial charge in [-0.25, -0.2) is 0 Å². The average molecular weight is 365 g/mol. The summed E-state index contributed by atoms with van der Waals surface area (Å²) >= 11 is 5.33. The molecule has 2 rings (SSSR count). The first-order valence-electron chi connectivity index (χ1n) is 7.20. The first kappa shape index (κ1) is 16.5. The lowest BCUT2D eigenvalue weighted by molar-refractivity contribution is 0.566. The smallest absolute Gasteiger partial charge is 0.0420 e. The lowest BCUT2D eigenvalue weighted by Crippen LogP contribution is -2.33. The molecule has 21 heavy (non-hydrogen) atoms. The molecule has 0 saturated heterocycles. The fourth-order valence-corrected chi connectivity index (χ4v) is 3.28. The Kier molecular flexibility index (Phi) is 6.74. The molecule has 0 amide bonds. The van der Waals surface area contributed by atoms with Gasteiger partial charge in [-0.15, -0.1) is 11.8 Å². The summed E-state index contributed by atoms with van der Waals surface area (Å²) in [5.74, 6) is 1.05. The highest BCUT2D eigenvalue weighted by molar-refractivity contribution is 9.10. The van der Waals surface area contributed by atoms with Crippen molar-refractivity contribution in [1.29, 1.82) is 0 Å². The van der Waals surface area contributed by atoms with Crippen molar-refractivity contribution in [1.82, 2.24) is 10.3 Å². The molecule has 4 heteroatoms. The number of rotatable bonds is 7. The SMILES string of the molecule is CCNC(CSc1ccc(C)cc1)Cc1ccc(Br)cn1. The first-order chi connectivity index (χ1) is 10.2. The van der Waals surface area contributed by atoms with Gasteiger partial charge in [-0.05, 0) is 53.7 Å². The molecule has 1 heterocycles. The summed E-state index contributed by atoms with van der Waals surface area (Å²) in [6, 6.07) is 13.3. The lowest BCUT2D eigenvalue weighted by atomic mass is 10.1. The number of likely N-dealkylation sites (N-methyl/N-ethyl adjacent to an activating group) is 1. The molecule has 2 aromatic rings. The molecule has 0 aliphatic rings. The van der Waals surface area contributed by atoms with Crippen molar-refractivity contribution in [2.45, 2.75) is 31.2 Å². The van der Waals surface area contributed by atoms with E-state index in [-0.39, 0.29) is 0 Å². The number of halogens is 1. The maximum atomic E-state index is 4.47. The fourth-order valence-electron chi connectivity index (χ4n) is 2.09. The van der Waals surface area contributed by atoms with Crippen molar-refractivity contribution in [2.75, 3.05) is 12.3 Å². The van der Waals surface area contributed by atoms with Crippen molar-refractivity contribution < 1.29 is 0 Å². The van der Waals surface area contributed by atoms with Crippen LogP contribution in [0.1, 0.15) is 18.2 Å². The number of hydrogen-bond donors (Lipinski definition) is 1. The van der Waals surface area contributed by atoms with Gasteiger partial charge in [0.25, 0.3) is 0 Å². The molecule has 0 spiro atoms. The predicted molar refractivity (Wildman–Crippen MR) is 95.0 cm³/mol. The fraction of sp³-hybridized carbons (Fsp3) is 0.353. The third-order valence-corrected chi connectivity index (χ3v) is 4.85. The summed E-state index contributed by atoms with van der Waals surface area (Å²) in [5.41, 5.74) is 2.44. The zero-order chi connectivity index (χ0) is 15.1. The van der Waals surface area contributed by atoms with E-state index in [1.807, 2.05) is 18.0 Å². The van der Waals surface area contributed by atoms with E-state index in [4.69, 9.17) is 0 Å². The van der Waals surface area contributed by atoms with E-state index in [1.165, 1.54) is 10.5 Å². The van der Waals surface area contributed by atoms with Gasteiger partial charge in [0, 0.05) is 39.5 Å². The Morgan fingerprint density at radius 3 is 2.57 bits per heavy atom. The van der Waals surface area contributed by atoms with Gasteiger partial charge in [0.2, 0.25) is 0 Å². The largest absolute Gasteiger partial charge is 0.313 e. The van der Waals surface area contributed by atoms with E-state index in [0.717, 1.165) is 28.9 Å². The summed E-state index contributed by atoms with van der Waals surface area (Å²) < 4.78 is 1.03. The molecule has 1 aromatic heterocycles. The Labute approximate surface area is 139 Å². The van der Waals surface area contributed by atoms with Crippen LogP contribution in [-0.2, 0) is 6.42 Å². The van der Waals surface area contributed by atoms with Gasteiger partial charge >= 0.3 is 0 Å². The highest BCUT2D eigenvalue weighted by atomic mass is 79.9. The van der Waals surface area contributed by atoms with Crippen LogP contribution in [0.15, 0.2) is 52.0 Å². The van der Waals surface area contributed by atoms with Gasteiger partial charge in [0.05, 0.1) is 0 Å². The number of aryl methyl sites for hydroxylation is 1. The second-order valence-corrected chi connectivity index (χ2v) is 7.06. The zero-order valence-electron chi connectivity index (χ0n) is 12.5. The maximum absolute atomic E-state index is 4.47. The van der Waals surface area contributed by atoms with Crippen molar-refractivity contribution in [2.24, 2.45) is 0 Å². The quantitative estimate of drug-likeness (QED) is 0.733. The van der Waals surface area contributed by atoms with Gasteiger partial charge in [-0.2, -0.15) is 0 Å². The van der Waals surface area contributed by atoms with Gasteiger partial charge in [0.15, 0.2) is 0 Å². The summed E-state index contributed by atoms with van der Waals surface area (Å²) in [7, 11) is 0. The molecular formula is C17H21BrN2S. The molecule has 0 saturated carbocycles. The van der Waals surface area contributed by atoms with Crippen molar-refractivity contribution in [3.8, 4) is 0 Å². The normalized spacial score (nSPS) is 12.3. The van der Waals surface area contributed by atoms with Gasteiger partial charge < -0.3 is 5.32 Å². The molecule has 2 nitrogen and oxygen atoms in total. The molecule has 0 bridgehead atoms. The molecule has 0 fully saturated rings. The van der Waals surface area contributed by atoms with E-state index in [1.54, 1.807) is 0 Å². The van der Waals surface area contributed by atoms with Crippen LogP contribution in [0.25, 0.3) is 0 Å². The third-order valence-electron chi connectivity index (χ3n) is 3.21. The third kappa shape index (κ3) is 5.81. The topological polar surface area (TPSA) is 24.9 Å². The van der Waals surface area contributed by atoms with Crippen LogP contribution < -0.4 is 5.32 Å². The number of aromatic nitrogens is 1. The molecule has 1 aromatic carbocycles. The van der Waals surface area contributed by atoms with Crippen LogP contribution >= 0.6 is 27.7 Å². The van der Waals surface area contributed by atoms with E-state index in [2.05, 4.69) is 76.5 Å². The second kappa shape index (κ2) is 8.57. The number of thioether (sulfide) groups is 1. The lowest BCUT2D eigenvalue weighted by Gasteiger charge is -2.17. The Balaban J connectivity index is 1.92. The molecule has 0 aliphatic carbocycles. The summed E-state index contributed by atoms with van der Waals surface area (Å²) in [5, 5.41) is 3.55. The highest BCUT2D eigenvalue weighted by Gasteiger charge is 2.10. The number of pyridine rings is 1. The standard InChI is InChI=1S/C17H21BrN2S/c1-3-19-16(10-15-7-6-14(18)11-20-15)12-21-17-8-4-13(2)5-9-17/h4-9,11,16,19H,3,10,12H2,1-2H3. The zero-order valence-corrected chi connectivity index (χ0v) is 14.9. The summed E-state index contributed by atoms with van der Waals surface area (Å²) in [6.45, 7) is 5.25. The molecule has 0 radical (unpaired) electrons. The Hall–Kier alpha value is -0.840. The number of nitrogens with zero attached hydrogens (tertiary/aromatic N) is 1. The van der Waals surface area contributed by atoms with Gasteiger partial charge in [-0.1, -0.05) is 24.6 Å². The minimum atomic E-state index is 0.440. The van der Waals surface area contributed by atoms with Crippen molar-refractivity contribution >= 4 is 27.7 Å². The monoisotopic (exact) mass is 364 g/mol. The van der Waals surface area contributed by atoms with Crippen LogP contribution in [0.5, 0.6) is 0 Å². The molecule has 1 N–H and O–H groups in total. The van der Waals surface area contributed by atoms with Crippen LogP contribution in [-0.4, -0.2) is 23.3 Å². The Morgan fingerprint density at radius 2 is 1.95 bits per heavy atom. The first-order valence-corrected chi connectivity index (χ1v) is 8.98. The highest BCUT2D eigenvalue weighted by Crippen LogP contribution is 2.20. The molecule has 0 aliphatic heterocycles. The van der Waals surface area contributed by atoms with Crippen molar-refractivity contribution in [3.63, 3.8) is 0 Å². The molecule has 112 valence electrons. The second-order valence-electron chi connectivity index (χ2n) is 5.05. The number of hydrogen-bond acceptors (Lipinski definition) is 3. The summed E-state index contributed by atoms with van der Waals surface area (Å²) in [4.78, 5) is 5.80. The Bertz CT molecular complexity index is 540. The van der Waals surface area contributed by atoms with Crippen LogP contribution in [0.2, 0.25) is 0 Å². The summed E-state index contributed by atoms with van der Waals surface area (Å²) in [6.07, 6.45) is 2.82. The molecule has 1 unspecified atom stereocenters. The molecule has 1 atom stereocenters. The van der Waals surface area contributed by atoms with E-state index in [0.29, 0.717) is 6.04 Å². The van der Waals surface area contributed by atoms with E-state index in [9.17, 15) is 0 Å². The predicted octanol–water partition coefficient (Wildman–Crippen LogP) is 4.47. The van der Waals surface area contributed by atoms with Crippen molar-refractivity contribution in [3.05, 3.63) is 58.3 Å². The number of nitrogens with one attached hydrogen (secondary N) is 1. The molecular weight excluding hydrogens is 344 g/mol. The van der Waals surface area contributed by atoms with Crippen LogP contribution in [0, 0.1) is 6.92 Å². The van der Waals surface area contributed by atoms with Gasteiger partial charge in [0.1, 0.15) is 0 Å². The van der Waals surface area contributed by atoms with E-state index >= 15 is 0 Å². The maximum Gasteiger partial charge on any atom is 0.0420 e. The minimum absolute atomic E-state index is 0.440.